The molecule has 1 N–H and O–H groups in total. The van der Waals surface area contributed by atoms with E-state index in [1.54, 1.807) is 19.2 Å². The van der Waals surface area contributed by atoms with Crippen molar-refractivity contribution in [3.05, 3.63) is 23.8 Å². The Hall–Kier alpha value is -1.49. The van der Waals surface area contributed by atoms with Gasteiger partial charge in [-0.25, -0.2) is 14.8 Å². The first-order valence-corrected chi connectivity index (χ1v) is 5.02. The van der Waals surface area contributed by atoms with E-state index in [-0.39, 0.29) is 5.97 Å². The highest BCUT2D eigenvalue weighted by molar-refractivity contribution is 5.87. The molecule has 0 aliphatic carbocycles. The summed E-state index contributed by atoms with van der Waals surface area (Å²) in [5, 5.41) is 3.14. The molecule has 0 amide bonds. The average molecular weight is 207 g/mol. The van der Waals surface area contributed by atoms with E-state index in [0.29, 0.717) is 18.2 Å². The summed E-state index contributed by atoms with van der Waals surface area (Å²) >= 11 is 0. The molecule has 0 radical (unpaired) electrons. The van der Waals surface area contributed by atoms with E-state index in [4.69, 9.17) is 4.74 Å². The third-order valence-electron chi connectivity index (χ3n) is 2.31. The van der Waals surface area contributed by atoms with Gasteiger partial charge in [0.1, 0.15) is 5.82 Å². The van der Waals surface area contributed by atoms with Crippen molar-refractivity contribution in [2.75, 3.05) is 19.7 Å². The lowest BCUT2D eigenvalue weighted by atomic mass is 10.0. The zero-order valence-electron chi connectivity index (χ0n) is 8.56. The van der Waals surface area contributed by atoms with Crippen molar-refractivity contribution < 1.29 is 9.53 Å². The number of aromatic nitrogens is 2. The van der Waals surface area contributed by atoms with Crippen molar-refractivity contribution in [3.63, 3.8) is 0 Å². The zero-order chi connectivity index (χ0) is 10.7. The van der Waals surface area contributed by atoms with Gasteiger partial charge in [0.2, 0.25) is 0 Å². The van der Waals surface area contributed by atoms with E-state index in [0.717, 1.165) is 18.9 Å². The third-order valence-corrected chi connectivity index (χ3v) is 2.31. The molecule has 0 atom stereocenters. The van der Waals surface area contributed by atoms with Crippen LogP contribution in [0.4, 0.5) is 0 Å². The van der Waals surface area contributed by atoms with Crippen LogP contribution >= 0.6 is 0 Å². The number of nitrogens with zero attached hydrogens (tertiary/aromatic N) is 2. The van der Waals surface area contributed by atoms with E-state index in [1.807, 2.05) is 0 Å². The lowest BCUT2D eigenvalue weighted by Crippen LogP contribution is -2.41. The van der Waals surface area contributed by atoms with E-state index >= 15 is 0 Å². The smallest absolute Gasteiger partial charge is 0.357 e. The van der Waals surface area contributed by atoms with Gasteiger partial charge in [0, 0.05) is 25.2 Å². The summed E-state index contributed by atoms with van der Waals surface area (Å²) in [6.07, 6.45) is 1.60. The van der Waals surface area contributed by atoms with E-state index in [1.165, 1.54) is 0 Å². The first-order chi connectivity index (χ1) is 7.31. The predicted molar refractivity (Wildman–Crippen MR) is 53.6 cm³/mol. The Bertz CT molecular complexity index is 363. The first kappa shape index (κ1) is 10.0. The topological polar surface area (TPSA) is 64.1 Å². The Balaban J connectivity index is 2.14. The van der Waals surface area contributed by atoms with Gasteiger partial charge in [-0.15, -0.1) is 0 Å². The molecular formula is C10H13N3O2. The summed E-state index contributed by atoms with van der Waals surface area (Å²) in [6, 6.07) is 1.58. The summed E-state index contributed by atoms with van der Waals surface area (Å²) in [5.41, 5.74) is 0.341. The fourth-order valence-electron chi connectivity index (χ4n) is 1.36. The fraction of sp³-hybridized carbons (Fsp3) is 0.500. The minimum atomic E-state index is -0.381. The average Bonchev–Trinajstić information content (AvgIpc) is 2.16. The molecule has 1 aromatic heterocycles. The molecule has 5 heteroatoms. The second-order valence-corrected chi connectivity index (χ2v) is 3.38. The summed E-state index contributed by atoms with van der Waals surface area (Å²) in [4.78, 5) is 19.7. The van der Waals surface area contributed by atoms with Crippen LogP contribution in [0.25, 0.3) is 0 Å². The maximum Gasteiger partial charge on any atom is 0.357 e. The molecule has 1 aliphatic rings. The van der Waals surface area contributed by atoms with Crippen LogP contribution in [0.2, 0.25) is 0 Å². The van der Waals surface area contributed by atoms with Crippen molar-refractivity contribution in [3.8, 4) is 0 Å². The van der Waals surface area contributed by atoms with E-state index in [9.17, 15) is 4.79 Å². The van der Waals surface area contributed by atoms with Crippen molar-refractivity contribution in [1.29, 1.82) is 0 Å². The Kier molecular flexibility index (Phi) is 2.91. The van der Waals surface area contributed by atoms with Gasteiger partial charge < -0.3 is 10.1 Å². The van der Waals surface area contributed by atoms with Crippen LogP contribution in [0.5, 0.6) is 0 Å². The summed E-state index contributed by atoms with van der Waals surface area (Å²) in [5.74, 6) is 0.673. The van der Waals surface area contributed by atoms with Gasteiger partial charge in [0.05, 0.1) is 6.61 Å². The van der Waals surface area contributed by atoms with E-state index in [2.05, 4.69) is 15.3 Å². The molecule has 2 heterocycles. The molecule has 1 aromatic rings. The SMILES string of the molecule is CCOC(=O)c1ccnc(C2CNC2)n1. The van der Waals surface area contributed by atoms with Crippen LogP contribution in [0, 0.1) is 0 Å². The molecule has 2 rings (SSSR count). The Labute approximate surface area is 87.9 Å². The number of rotatable bonds is 3. The van der Waals surface area contributed by atoms with Gasteiger partial charge in [-0.2, -0.15) is 0 Å². The first-order valence-electron chi connectivity index (χ1n) is 5.02. The highest BCUT2D eigenvalue weighted by Crippen LogP contribution is 2.15. The number of carbonyl (C=O) groups is 1. The molecule has 5 nitrogen and oxygen atoms in total. The highest BCUT2D eigenvalue weighted by atomic mass is 16.5. The van der Waals surface area contributed by atoms with E-state index < -0.39 is 0 Å². The predicted octanol–water partition coefficient (Wildman–Crippen LogP) is 0.340. The molecule has 1 aliphatic heterocycles. The molecule has 15 heavy (non-hydrogen) atoms. The molecule has 0 aromatic carbocycles. The van der Waals surface area contributed by atoms with Crippen LogP contribution in [0.3, 0.4) is 0 Å². The molecular weight excluding hydrogens is 194 g/mol. The van der Waals surface area contributed by atoms with Crippen molar-refractivity contribution >= 4 is 5.97 Å². The largest absolute Gasteiger partial charge is 0.461 e. The molecule has 0 bridgehead atoms. The Morgan fingerprint density at radius 3 is 3.07 bits per heavy atom. The Morgan fingerprint density at radius 1 is 1.67 bits per heavy atom. The fourth-order valence-corrected chi connectivity index (χ4v) is 1.36. The third kappa shape index (κ3) is 2.12. The van der Waals surface area contributed by atoms with Crippen LogP contribution < -0.4 is 5.32 Å². The van der Waals surface area contributed by atoms with Crippen molar-refractivity contribution in [1.82, 2.24) is 15.3 Å². The standard InChI is InChI=1S/C10H13N3O2/c1-2-15-10(14)8-3-4-12-9(13-8)7-5-11-6-7/h3-4,7,11H,2,5-6H2,1H3. The van der Waals surface area contributed by atoms with Gasteiger partial charge in [-0.05, 0) is 13.0 Å². The van der Waals surface area contributed by atoms with Gasteiger partial charge in [0.15, 0.2) is 5.69 Å². The highest BCUT2D eigenvalue weighted by Gasteiger charge is 2.22. The van der Waals surface area contributed by atoms with Gasteiger partial charge >= 0.3 is 5.97 Å². The molecule has 0 unspecified atom stereocenters. The zero-order valence-corrected chi connectivity index (χ0v) is 8.56. The lowest BCUT2D eigenvalue weighted by molar-refractivity contribution is 0.0518. The second-order valence-electron chi connectivity index (χ2n) is 3.38. The Morgan fingerprint density at radius 2 is 2.47 bits per heavy atom. The number of nitrogens with one attached hydrogen (secondary N) is 1. The maximum absolute atomic E-state index is 11.4. The van der Waals surface area contributed by atoms with Crippen LogP contribution in [-0.4, -0.2) is 35.6 Å². The summed E-state index contributed by atoms with van der Waals surface area (Å²) in [6.45, 7) is 3.90. The normalized spacial score (nSPS) is 15.8. The van der Waals surface area contributed by atoms with Crippen molar-refractivity contribution in [2.45, 2.75) is 12.8 Å². The van der Waals surface area contributed by atoms with Gasteiger partial charge in [-0.3, -0.25) is 0 Å². The molecule has 0 saturated carbocycles. The second kappa shape index (κ2) is 4.35. The molecule has 80 valence electrons. The summed E-state index contributed by atoms with van der Waals surface area (Å²) in [7, 11) is 0. The minimum absolute atomic E-state index is 0.333. The van der Waals surface area contributed by atoms with Crippen LogP contribution in [0.1, 0.15) is 29.2 Å². The number of carbonyl (C=O) groups excluding carboxylic acids is 1. The maximum atomic E-state index is 11.4. The quantitative estimate of drug-likeness (QED) is 0.724. The minimum Gasteiger partial charge on any atom is -0.461 e. The molecule has 1 saturated heterocycles. The monoisotopic (exact) mass is 207 g/mol. The number of esters is 1. The van der Waals surface area contributed by atoms with Crippen LogP contribution in [0.15, 0.2) is 12.3 Å². The summed E-state index contributed by atoms with van der Waals surface area (Å²) < 4.78 is 4.87. The molecule has 0 spiro atoms. The number of ether oxygens (including phenoxy) is 1. The van der Waals surface area contributed by atoms with Gasteiger partial charge in [-0.1, -0.05) is 0 Å². The number of hydrogen-bond donors (Lipinski definition) is 1. The number of hydrogen-bond acceptors (Lipinski definition) is 5. The van der Waals surface area contributed by atoms with Crippen LogP contribution in [-0.2, 0) is 4.74 Å². The van der Waals surface area contributed by atoms with Gasteiger partial charge in [0.25, 0.3) is 0 Å². The van der Waals surface area contributed by atoms with Crippen molar-refractivity contribution in [2.24, 2.45) is 0 Å². The molecule has 1 fully saturated rings. The lowest BCUT2D eigenvalue weighted by Gasteiger charge is -2.25.